The molecule has 0 aliphatic carbocycles. The van der Waals surface area contributed by atoms with Crippen LogP contribution in [0.25, 0.3) is 5.78 Å². The summed E-state index contributed by atoms with van der Waals surface area (Å²) in [6.07, 6.45) is 0. The molecule has 0 radical (unpaired) electrons. The zero-order valence-corrected chi connectivity index (χ0v) is 13.9. The van der Waals surface area contributed by atoms with Gasteiger partial charge in [-0.15, -0.1) is 10.2 Å². The number of thioether (sulfide) groups is 1. The molecule has 23 heavy (non-hydrogen) atoms. The molecular weight excluding hydrogens is 312 g/mol. The van der Waals surface area contributed by atoms with E-state index in [1.54, 1.807) is 6.07 Å². The molecular formula is C15H16N6OS. The van der Waals surface area contributed by atoms with Crippen molar-refractivity contribution in [2.75, 3.05) is 11.1 Å². The number of carbonyl (C=O) groups is 1. The highest BCUT2D eigenvalue weighted by Gasteiger charge is 2.12. The molecule has 0 aliphatic heterocycles. The topological polar surface area (TPSA) is 85.1 Å². The quantitative estimate of drug-likeness (QED) is 0.739. The predicted octanol–water partition coefficient (Wildman–Crippen LogP) is 2.18. The van der Waals surface area contributed by atoms with Crippen molar-refractivity contribution in [3.63, 3.8) is 0 Å². The lowest BCUT2D eigenvalue weighted by molar-refractivity contribution is -0.113. The minimum Gasteiger partial charge on any atom is -0.310 e. The summed E-state index contributed by atoms with van der Waals surface area (Å²) < 4.78 is 1.84. The lowest BCUT2D eigenvalue weighted by Gasteiger charge is -2.05. The molecule has 118 valence electrons. The highest BCUT2D eigenvalue weighted by Crippen LogP contribution is 2.18. The SMILES string of the molecule is Cc1cccc(NC(=O)CSc2nnc3nc(C)cc(C)n23)n1. The van der Waals surface area contributed by atoms with E-state index in [9.17, 15) is 4.79 Å². The normalized spacial score (nSPS) is 10.9. The zero-order chi connectivity index (χ0) is 16.4. The summed E-state index contributed by atoms with van der Waals surface area (Å²) in [6, 6.07) is 7.45. The molecule has 1 amide bonds. The van der Waals surface area contributed by atoms with E-state index >= 15 is 0 Å². The summed E-state index contributed by atoms with van der Waals surface area (Å²) >= 11 is 1.32. The Labute approximate surface area is 137 Å². The van der Waals surface area contributed by atoms with E-state index in [1.807, 2.05) is 43.4 Å². The van der Waals surface area contributed by atoms with Gasteiger partial charge in [-0.25, -0.2) is 9.97 Å². The Morgan fingerprint density at radius 3 is 2.78 bits per heavy atom. The number of rotatable bonds is 4. The first-order chi connectivity index (χ1) is 11.0. The number of carbonyl (C=O) groups excluding carboxylic acids is 1. The second kappa shape index (κ2) is 6.33. The van der Waals surface area contributed by atoms with E-state index in [-0.39, 0.29) is 11.7 Å². The molecule has 0 bridgehead atoms. The predicted molar refractivity (Wildman–Crippen MR) is 88.6 cm³/mol. The number of anilines is 1. The fourth-order valence-corrected chi connectivity index (χ4v) is 3.00. The summed E-state index contributed by atoms with van der Waals surface area (Å²) in [7, 11) is 0. The number of amides is 1. The van der Waals surface area contributed by atoms with Gasteiger partial charge in [-0.1, -0.05) is 17.8 Å². The van der Waals surface area contributed by atoms with Crippen LogP contribution in [0.5, 0.6) is 0 Å². The highest BCUT2D eigenvalue weighted by atomic mass is 32.2. The maximum Gasteiger partial charge on any atom is 0.256 e. The van der Waals surface area contributed by atoms with Crippen LogP contribution in [0.4, 0.5) is 5.82 Å². The van der Waals surface area contributed by atoms with Crippen molar-refractivity contribution in [2.45, 2.75) is 25.9 Å². The number of aromatic nitrogens is 5. The maximum absolute atomic E-state index is 12.0. The van der Waals surface area contributed by atoms with Gasteiger partial charge < -0.3 is 5.32 Å². The van der Waals surface area contributed by atoms with Crippen molar-refractivity contribution in [3.8, 4) is 0 Å². The van der Waals surface area contributed by atoms with Crippen molar-refractivity contribution in [1.29, 1.82) is 0 Å². The number of aryl methyl sites for hydroxylation is 3. The van der Waals surface area contributed by atoms with Gasteiger partial charge in [0, 0.05) is 17.1 Å². The van der Waals surface area contributed by atoms with Gasteiger partial charge in [0.2, 0.25) is 5.91 Å². The number of fused-ring (bicyclic) bond motifs is 1. The smallest absolute Gasteiger partial charge is 0.256 e. The van der Waals surface area contributed by atoms with Gasteiger partial charge in [0.1, 0.15) is 5.82 Å². The third kappa shape index (κ3) is 3.48. The monoisotopic (exact) mass is 328 g/mol. The molecule has 1 N–H and O–H groups in total. The third-order valence-electron chi connectivity index (χ3n) is 3.15. The van der Waals surface area contributed by atoms with E-state index in [1.165, 1.54) is 11.8 Å². The average Bonchev–Trinajstić information content (AvgIpc) is 2.88. The summed E-state index contributed by atoms with van der Waals surface area (Å²) in [6.45, 7) is 5.76. The molecule has 7 nitrogen and oxygen atoms in total. The Morgan fingerprint density at radius 1 is 1.17 bits per heavy atom. The first-order valence-corrected chi connectivity index (χ1v) is 8.07. The Balaban J connectivity index is 1.70. The molecule has 0 saturated carbocycles. The minimum atomic E-state index is -0.137. The Hall–Kier alpha value is -2.48. The number of pyridine rings is 1. The lowest BCUT2D eigenvalue weighted by Crippen LogP contribution is -2.15. The Kier molecular flexibility index (Phi) is 4.24. The van der Waals surface area contributed by atoms with Gasteiger partial charge in [-0.2, -0.15) is 0 Å². The molecule has 0 saturated heterocycles. The molecule has 0 aliphatic rings. The van der Waals surface area contributed by atoms with Crippen LogP contribution >= 0.6 is 11.8 Å². The summed E-state index contributed by atoms with van der Waals surface area (Å²) in [5.41, 5.74) is 2.74. The minimum absolute atomic E-state index is 0.137. The van der Waals surface area contributed by atoms with E-state index in [2.05, 4.69) is 25.5 Å². The average molecular weight is 328 g/mol. The molecule has 3 rings (SSSR count). The molecule has 0 aromatic carbocycles. The largest absolute Gasteiger partial charge is 0.310 e. The standard InChI is InChI=1S/C15H16N6OS/c1-9-5-4-6-12(16-9)18-13(22)8-23-15-20-19-14-17-10(2)7-11(3)21(14)15/h4-7H,8H2,1-3H3,(H,16,18,22). The van der Waals surface area contributed by atoms with Gasteiger partial charge in [0.25, 0.3) is 5.78 Å². The molecule has 0 fully saturated rings. The number of nitrogens with zero attached hydrogens (tertiary/aromatic N) is 5. The van der Waals surface area contributed by atoms with Crippen LogP contribution < -0.4 is 5.32 Å². The summed E-state index contributed by atoms with van der Waals surface area (Å²) in [5, 5.41) is 11.6. The third-order valence-corrected chi connectivity index (χ3v) is 4.08. The number of hydrogen-bond acceptors (Lipinski definition) is 6. The van der Waals surface area contributed by atoms with Crippen LogP contribution in [-0.4, -0.2) is 36.2 Å². The molecule has 8 heteroatoms. The zero-order valence-electron chi connectivity index (χ0n) is 13.1. The molecule has 0 atom stereocenters. The molecule has 0 unspecified atom stereocenters. The van der Waals surface area contributed by atoms with Gasteiger partial charge in [-0.3, -0.25) is 9.20 Å². The van der Waals surface area contributed by atoms with Crippen molar-refractivity contribution >= 4 is 29.3 Å². The summed E-state index contributed by atoms with van der Waals surface area (Å²) in [5.74, 6) is 1.19. The molecule has 3 heterocycles. The van der Waals surface area contributed by atoms with E-state index in [0.29, 0.717) is 16.8 Å². The van der Waals surface area contributed by atoms with Crippen LogP contribution in [-0.2, 0) is 4.79 Å². The lowest BCUT2D eigenvalue weighted by atomic mass is 10.3. The van der Waals surface area contributed by atoms with Crippen LogP contribution in [0.15, 0.2) is 29.4 Å². The first-order valence-electron chi connectivity index (χ1n) is 7.08. The maximum atomic E-state index is 12.0. The van der Waals surface area contributed by atoms with Crippen LogP contribution in [0.2, 0.25) is 0 Å². The van der Waals surface area contributed by atoms with Gasteiger partial charge >= 0.3 is 0 Å². The van der Waals surface area contributed by atoms with E-state index < -0.39 is 0 Å². The fraction of sp³-hybridized carbons (Fsp3) is 0.267. The fourth-order valence-electron chi connectivity index (χ4n) is 2.22. The second-order valence-electron chi connectivity index (χ2n) is 5.16. The van der Waals surface area contributed by atoms with E-state index in [0.717, 1.165) is 17.1 Å². The van der Waals surface area contributed by atoms with Gasteiger partial charge in [-0.05, 0) is 39.0 Å². The summed E-state index contributed by atoms with van der Waals surface area (Å²) in [4.78, 5) is 20.6. The molecule has 3 aromatic rings. The van der Waals surface area contributed by atoms with Crippen molar-refractivity contribution in [1.82, 2.24) is 24.6 Å². The van der Waals surface area contributed by atoms with Crippen molar-refractivity contribution in [2.24, 2.45) is 0 Å². The first kappa shape index (κ1) is 15.4. The van der Waals surface area contributed by atoms with Crippen LogP contribution in [0.3, 0.4) is 0 Å². The van der Waals surface area contributed by atoms with Crippen LogP contribution in [0, 0.1) is 20.8 Å². The molecule has 3 aromatic heterocycles. The van der Waals surface area contributed by atoms with Gasteiger partial charge in [0.05, 0.1) is 5.75 Å². The Bertz CT molecular complexity index is 876. The van der Waals surface area contributed by atoms with Gasteiger partial charge in [0.15, 0.2) is 5.16 Å². The molecule has 0 spiro atoms. The number of hydrogen-bond donors (Lipinski definition) is 1. The van der Waals surface area contributed by atoms with Crippen LogP contribution in [0.1, 0.15) is 17.1 Å². The van der Waals surface area contributed by atoms with Crippen molar-refractivity contribution < 1.29 is 4.79 Å². The van der Waals surface area contributed by atoms with Crippen molar-refractivity contribution in [3.05, 3.63) is 41.3 Å². The highest BCUT2D eigenvalue weighted by molar-refractivity contribution is 7.99. The Morgan fingerprint density at radius 2 is 2.00 bits per heavy atom. The number of nitrogens with one attached hydrogen (secondary N) is 1. The van der Waals surface area contributed by atoms with E-state index in [4.69, 9.17) is 0 Å². The second-order valence-corrected chi connectivity index (χ2v) is 6.10.